The van der Waals surface area contributed by atoms with Gasteiger partial charge in [-0.15, -0.1) is 0 Å². The Morgan fingerprint density at radius 1 is 1.12 bits per heavy atom. The van der Waals surface area contributed by atoms with Crippen LogP contribution in [-0.4, -0.2) is 19.9 Å². The van der Waals surface area contributed by atoms with E-state index in [-0.39, 0.29) is 0 Å². The molecule has 2 aromatic heterocycles. The second kappa shape index (κ2) is 3.66. The molecule has 17 heavy (non-hydrogen) atoms. The number of benzene rings is 1. The molecular weight excluding hydrogens is 212 g/mol. The molecular formula is C13H12N4. The highest BCUT2D eigenvalue weighted by Gasteiger charge is 2.08. The third-order valence-electron chi connectivity index (χ3n) is 2.73. The van der Waals surface area contributed by atoms with Gasteiger partial charge in [0.1, 0.15) is 5.69 Å². The van der Waals surface area contributed by atoms with Gasteiger partial charge in [-0.3, -0.25) is 4.98 Å². The third kappa shape index (κ3) is 1.67. The third-order valence-corrected chi connectivity index (χ3v) is 2.73. The van der Waals surface area contributed by atoms with Gasteiger partial charge >= 0.3 is 0 Å². The summed E-state index contributed by atoms with van der Waals surface area (Å²) in [5, 5.41) is 0. The van der Waals surface area contributed by atoms with Crippen molar-refractivity contribution in [3.05, 3.63) is 41.9 Å². The maximum Gasteiger partial charge on any atom is 0.158 e. The second-order valence-electron chi connectivity index (χ2n) is 4.15. The largest absolute Gasteiger partial charge is 0.337 e. The van der Waals surface area contributed by atoms with E-state index in [0.717, 1.165) is 22.6 Å². The highest BCUT2D eigenvalue weighted by Crippen LogP contribution is 2.22. The van der Waals surface area contributed by atoms with E-state index in [1.54, 1.807) is 18.6 Å². The SMILES string of the molecule is Cc1cc(C)c2nc(-c3cnccn3)[nH]c2c1. The molecule has 3 aromatic rings. The van der Waals surface area contributed by atoms with Crippen LogP contribution in [0, 0.1) is 13.8 Å². The molecule has 84 valence electrons. The molecule has 1 N–H and O–H groups in total. The first kappa shape index (κ1) is 9.96. The van der Waals surface area contributed by atoms with Crippen LogP contribution in [0.4, 0.5) is 0 Å². The number of H-pyrrole nitrogens is 1. The van der Waals surface area contributed by atoms with Crippen molar-refractivity contribution in [1.29, 1.82) is 0 Å². The van der Waals surface area contributed by atoms with Crippen molar-refractivity contribution < 1.29 is 0 Å². The smallest absolute Gasteiger partial charge is 0.158 e. The molecule has 4 nitrogen and oxygen atoms in total. The first-order valence-corrected chi connectivity index (χ1v) is 5.47. The predicted octanol–water partition coefficient (Wildman–Crippen LogP) is 2.64. The van der Waals surface area contributed by atoms with Gasteiger partial charge in [0.25, 0.3) is 0 Å². The zero-order chi connectivity index (χ0) is 11.8. The van der Waals surface area contributed by atoms with Gasteiger partial charge in [0, 0.05) is 12.4 Å². The summed E-state index contributed by atoms with van der Waals surface area (Å²) in [5.41, 5.74) is 5.20. The molecule has 0 saturated carbocycles. The number of nitrogens with zero attached hydrogens (tertiary/aromatic N) is 3. The Morgan fingerprint density at radius 3 is 2.76 bits per heavy atom. The van der Waals surface area contributed by atoms with Crippen LogP contribution in [0.15, 0.2) is 30.7 Å². The zero-order valence-electron chi connectivity index (χ0n) is 9.73. The molecule has 0 spiro atoms. The maximum atomic E-state index is 4.57. The highest BCUT2D eigenvalue weighted by atomic mass is 15.0. The molecule has 3 rings (SSSR count). The zero-order valence-corrected chi connectivity index (χ0v) is 9.73. The van der Waals surface area contributed by atoms with Crippen molar-refractivity contribution in [2.45, 2.75) is 13.8 Å². The molecule has 0 aliphatic heterocycles. The lowest BCUT2D eigenvalue weighted by atomic mass is 10.1. The second-order valence-corrected chi connectivity index (χ2v) is 4.15. The van der Waals surface area contributed by atoms with Crippen molar-refractivity contribution in [3.63, 3.8) is 0 Å². The Balaban J connectivity index is 2.24. The lowest BCUT2D eigenvalue weighted by molar-refractivity contribution is 1.17. The number of hydrogen-bond donors (Lipinski definition) is 1. The Hall–Kier alpha value is -2.23. The van der Waals surface area contributed by atoms with Gasteiger partial charge in [0.15, 0.2) is 5.82 Å². The number of aryl methyl sites for hydroxylation is 2. The highest BCUT2D eigenvalue weighted by molar-refractivity contribution is 5.82. The molecule has 0 amide bonds. The van der Waals surface area contributed by atoms with E-state index in [2.05, 4.69) is 45.9 Å². The molecule has 4 heteroatoms. The van der Waals surface area contributed by atoms with E-state index in [9.17, 15) is 0 Å². The molecule has 1 aromatic carbocycles. The van der Waals surface area contributed by atoms with Gasteiger partial charge in [-0.25, -0.2) is 9.97 Å². The Bertz CT molecular complexity index is 670. The van der Waals surface area contributed by atoms with Crippen LogP contribution in [-0.2, 0) is 0 Å². The van der Waals surface area contributed by atoms with E-state index in [1.807, 2.05) is 0 Å². The average Bonchev–Trinajstić information content (AvgIpc) is 2.74. The van der Waals surface area contributed by atoms with Crippen LogP contribution in [0.2, 0.25) is 0 Å². The number of nitrogens with one attached hydrogen (secondary N) is 1. The minimum atomic E-state index is 0.765. The van der Waals surface area contributed by atoms with Crippen molar-refractivity contribution in [2.75, 3.05) is 0 Å². The summed E-state index contributed by atoms with van der Waals surface area (Å²) in [6.45, 7) is 4.14. The van der Waals surface area contributed by atoms with Crippen molar-refractivity contribution in [1.82, 2.24) is 19.9 Å². The topological polar surface area (TPSA) is 54.5 Å². The summed E-state index contributed by atoms with van der Waals surface area (Å²) in [4.78, 5) is 16.1. The number of fused-ring (bicyclic) bond motifs is 1. The molecule has 0 unspecified atom stereocenters. The van der Waals surface area contributed by atoms with Gasteiger partial charge in [-0.2, -0.15) is 0 Å². The Labute approximate surface area is 98.8 Å². The summed E-state index contributed by atoms with van der Waals surface area (Å²) in [6.07, 6.45) is 5.03. The number of aromatic nitrogens is 4. The van der Waals surface area contributed by atoms with Crippen molar-refractivity contribution in [2.24, 2.45) is 0 Å². The van der Waals surface area contributed by atoms with Crippen LogP contribution < -0.4 is 0 Å². The van der Waals surface area contributed by atoms with E-state index in [1.165, 1.54) is 11.1 Å². The van der Waals surface area contributed by atoms with E-state index in [4.69, 9.17) is 0 Å². The molecule has 2 heterocycles. The summed E-state index contributed by atoms with van der Waals surface area (Å²) in [6, 6.07) is 4.22. The summed E-state index contributed by atoms with van der Waals surface area (Å²) < 4.78 is 0. The molecule has 0 bridgehead atoms. The molecule has 0 fully saturated rings. The normalized spacial score (nSPS) is 10.9. The van der Waals surface area contributed by atoms with Gasteiger partial charge in [0.05, 0.1) is 17.2 Å². The fourth-order valence-corrected chi connectivity index (χ4v) is 2.01. The molecule has 0 aliphatic carbocycles. The van der Waals surface area contributed by atoms with Gasteiger partial charge in [-0.05, 0) is 31.0 Å². The Morgan fingerprint density at radius 2 is 2.00 bits per heavy atom. The lowest BCUT2D eigenvalue weighted by Crippen LogP contribution is -1.85. The van der Waals surface area contributed by atoms with E-state index >= 15 is 0 Å². The standard InChI is InChI=1S/C13H12N4/c1-8-5-9(2)12-10(6-8)16-13(17-12)11-7-14-3-4-15-11/h3-7H,1-2H3,(H,16,17). The fraction of sp³-hybridized carbons (Fsp3) is 0.154. The molecule has 0 aliphatic rings. The minimum absolute atomic E-state index is 0.765. The minimum Gasteiger partial charge on any atom is -0.337 e. The average molecular weight is 224 g/mol. The van der Waals surface area contributed by atoms with E-state index in [0.29, 0.717) is 0 Å². The quantitative estimate of drug-likeness (QED) is 0.691. The molecule has 0 saturated heterocycles. The summed E-state index contributed by atoms with van der Waals surface area (Å²) >= 11 is 0. The van der Waals surface area contributed by atoms with Crippen LogP contribution in [0.5, 0.6) is 0 Å². The van der Waals surface area contributed by atoms with Gasteiger partial charge in [-0.1, -0.05) is 6.07 Å². The number of aromatic amines is 1. The van der Waals surface area contributed by atoms with Crippen LogP contribution in [0.3, 0.4) is 0 Å². The summed E-state index contributed by atoms with van der Waals surface area (Å²) in [7, 11) is 0. The Kier molecular flexibility index (Phi) is 2.14. The van der Waals surface area contributed by atoms with Crippen LogP contribution in [0.25, 0.3) is 22.6 Å². The molecule has 0 atom stereocenters. The summed E-state index contributed by atoms with van der Waals surface area (Å²) in [5.74, 6) is 0.766. The molecule has 0 radical (unpaired) electrons. The lowest BCUT2D eigenvalue weighted by Gasteiger charge is -1.96. The van der Waals surface area contributed by atoms with Gasteiger partial charge in [0.2, 0.25) is 0 Å². The maximum absolute atomic E-state index is 4.57. The first-order valence-electron chi connectivity index (χ1n) is 5.47. The van der Waals surface area contributed by atoms with Crippen molar-refractivity contribution >= 4 is 11.0 Å². The number of imidazole rings is 1. The van der Waals surface area contributed by atoms with Crippen LogP contribution >= 0.6 is 0 Å². The number of hydrogen-bond acceptors (Lipinski definition) is 3. The predicted molar refractivity (Wildman–Crippen MR) is 66.6 cm³/mol. The van der Waals surface area contributed by atoms with Gasteiger partial charge < -0.3 is 4.98 Å². The van der Waals surface area contributed by atoms with Crippen LogP contribution in [0.1, 0.15) is 11.1 Å². The number of rotatable bonds is 1. The van der Waals surface area contributed by atoms with E-state index < -0.39 is 0 Å². The van der Waals surface area contributed by atoms with Crippen molar-refractivity contribution in [3.8, 4) is 11.5 Å². The fourth-order valence-electron chi connectivity index (χ4n) is 2.01. The first-order chi connectivity index (χ1) is 8.24. The monoisotopic (exact) mass is 224 g/mol.